The van der Waals surface area contributed by atoms with Crippen molar-refractivity contribution in [3.63, 3.8) is 0 Å². The molecule has 1 heterocycles. The zero-order valence-corrected chi connectivity index (χ0v) is 10.3. The standard InChI is InChI=1S/C9H9Br2NO/c1-2-3-4-12-6-7(10)5-8(11)9(12)13/h2-3,5-6H,4H2,1H3/b3-2+. The summed E-state index contributed by atoms with van der Waals surface area (Å²) in [6, 6.07) is 1.74. The van der Waals surface area contributed by atoms with Crippen LogP contribution in [0.1, 0.15) is 6.92 Å². The Balaban J connectivity index is 3.13. The minimum absolute atomic E-state index is 0.0127. The summed E-state index contributed by atoms with van der Waals surface area (Å²) in [5.74, 6) is 0. The topological polar surface area (TPSA) is 22.0 Å². The summed E-state index contributed by atoms with van der Waals surface area (Å²) in [6.45, 7) is 2.53. The highest BCUT2D eigenvalue weighted by molar-refractivity contribution is 9.11. The molecule has 2 nitrogen and oxygen atoms in total. The summed E-state index contributed by atoms with van der Waals surface area (Å²) < 4.78 is 3.10. The number of allylic oxidation sites excluding steroid dienone is 2. The molecule has 0 fully saturated rings. The molecular weight excluding hydrogens is 298 g/mol. The largest absolute Gasteiger partial charge is 0.310 e. The summed E-state index contributed by atoms with van der Waals surface area (Å²) in [5, 5.41) is 0. The molecule has 4 heteroatoms. The van der Waals surface area contributed by atoms with Gasteiger partial charge in [-0.2, -0.15) is 0 Å². The predicted octanol–water partition coefficient (Wildman–Crippen LogP) is 2.95. The fourth-order valence-corrected chi connectivity index (χ4v) is 2.18. The number of hydrogen-bond donors (Lipinski definition) is 0. The van der Waals surface area contributed by atoms with E-state index < -0.39 is 0 Å². The minimum atomic E-state index is -0.0127. The van der Waals surface area contributed by atoms with Gasteiger partial charge < -0.3 is 4.57 Å². The quantitative estimate of drug-likeness (QED) is 0.770. The first kappa shape index (κ1) is 10.7. The molecule has 0 aliphatic carbocycles. The van der Waals surface area contributed by atoms with Gasteiger partial charge in [-0.15, -0.1) is 0 Å². The summed E-state index contributed by atoms with van der Waals surface area (Å²) in [6.07, 6.45) is 5.62. The Kier molecular flexibility index (Phi) is 3.93. The Morgan fingerprint density at radius 2 is 2.23 bits per heavy atom. The lowest BCUT2D eigenvalue weighted by atomic mass is 10.4. The third kappa shape index (κ3) is 2.81. The van der Waals surface area contributed by atoms with Crippen LogP contribution in [0, 0.1) is 0 Å². The first-order valence-corrected chi connectivity index (χ1v) is 5.40. The van der Waals surface area contributed by atoms with E-state index in [0.29, 0.717) is 11.0 Å². The molecule has 0 aromatic carbocycles. The second kappa shape index (κ2) is 4.77. The lowest BCUT2D eigenvalue weighted by molar-refractivity contribution is 0.770. The van der Waals surface area contributed by atoms with Gasteiger partial charge in [0.2, 0.25) is 0 Å². The van der Waals surface area contributed by atoms with E-state index in [1.165, 1.54) is 0 Å². The number of nitrogens with zero attached hydrogens (tertiary/aromatic N) is 1. The molecule has 1 aromatic rings. The van der Waals surface area contributed by atoms with Gasteiger partial charge >= 0.3 is 0 Å². The molecule has 0 radical (unpaired) electrons. The third-order valence-electron chi connectivity index (χ3n) is 1.55. The maximum Gasteiger partial charge on any atom is 0.265 e. The molecule has 1 aromatic heterocycles. The number of halogens is 2. The number of pyridine rings is 1. The number of aromatic nitrogens is 1. The van der Waals surface area contributed by atoms with Crippen LogP contribution in [-0.2, 0) is 6.54 Å². The van der Waals surface area contributed by atoms with E-state index in [1.807, 2.05) is 19.1 Å². The van der Waals surface area contributed by atoms with Crippen molar-refractivity contribution in [3.05, 3.63) is 43.7 Å². The van der Waals surface area contributed by atoms with Crippen molar-refractivity contribution in [1.29, 1.82) is 0 Å². The van der Waals surface area contributed by atoms with Crippen molar-refractivity contribution >= 4 is 31.9 Å². The van der Waals surface area contributed by atoms with Crippen LogP contribution in [0.2, 0.25) is 0 Å². The lowest BCUT2D eigenvalue weighted by Crippen LogP contribution is -2.19. The Morgan fingerprint density at radius 3 is 2.85 bits per heavy atom. The third-order valence-corrected chi connectivity index (χ3v) is 2.55. The summed E-state index contributed by atoms with van der Waals surface area (Å²) in [5.41, 5.74) is -0.0127. The van der Waals surface area contributed by atoms with Crippen LogP contribution in [0.3, 0.4) is 0 Å². The Hall–Kier alpha value is -0.350. The Morgan fingerprint density at radius 1 is 1.54 bits per heavy atom. The van der Waals surface area contributed by atoms with Crippen LogP contribution in [0.5, 0.6) is 0 Å². The molecule has 13 heavy (non-hydrogen) atoms. The Labute approximate surface area is 93.5 Å². The molecule has 0 unspecified atom stereocenters. The molecule has 0 saturated heterocycles. The van der Waals surface area contributed by atoms with Crippen LogP contribution >= 0.6 is 31.9 Å². The Bertz CT molecular complexity index is 382. The maximum atomic E-state index is 11.5. The highest BCUT2D eigenvalue weighted by Gasteiger charge is 2.00. The molecule has 0 bridgehead atoms. The van der Waals surface area contributed by atoms with Crippen molar-refractivity contribution in [2.24, 2.45) is 0 Å². The molecule has 0 spiro atoms. The van der Waals surface area contributed by atoms with Gasteiger partial charge in [-0.25, -0.2) is 0 Å². The number of rotatable bonds is 2. The van der Waals surface area contributed by atoms with Gasteiger partial charge in [-0.3, -0.25) is 4.79 Å². The van der Waals surface area contributed by atoms with Gasteiger partial charge in [-0.05, 0) is 44.8 Å². The van der Waals surface area contributed by atoms with E-state index in [0.717, 1.165) is 4.47 Å². The van der Waals surface area contributed by atoms with Gasteiger partial charge in [0, 0.05) is 17.2 Å². The van der Waals surface area contributed by atoms with Crippen LogP contribution in [0.4, 0.5) is 0 Å². The molecule has 0 aliphatic rings. The predicted molar refractivity (Wildman–Crippen MR) is 60.9 cm³/mol. The molecule has 0 saturated carbocycles. The van der Waals surface area contributed by atoms with Crippen molar-refractivity contribution in [2.75, 3.05) is 0 Å². The average Bonchev–Trinajstić information content (AvgIpc) is 2.09. The first-order valence-electron chi connectivity index (χ1n) is 3.82. The second-order valence-electron chi connectivity index (χ2n) is 2.53. The molecule has 0 amide bonds. The lowest BCUT2D eigenvalue weighted by Gasteiger charge is -2.03. The van der Waals surface area contributed by atoms with Gasteiger partial charge in [0.15, 0.2) is 0 Å². The van der Waals surface area contributed by atoms with Gasteiger partial charge in [0.25, 0.3) is 5.56 Å². The first-order chi connectivity index (χ1) is 6.15. The van der Waals surface area contributed by atoms with E-state index in [9.17, 15) is 4.79 Å². The normalized spacial score (nSPS) is 11.0. The molecule has 70 valence electrons. The molecule has 0 atom stereocenters. The van der Waals surface area contributed by atoms with Crippen molar-refractivity contribution in [1.82, 2.24) is 4.57 Å². The fraction of sp³-hybridized carbons (Fsp3) is 0.222. The van der Waals surface area contributed by atoms with E-state index in [2.05, 4.69) is 31.9 Å². The van der Waals surface area contributed by atoms with Crippen molar-refractivity contribution in [3.8, 4) is 0 Å². The summed E-state index contributed by atoms with van der Waals surface area (Å²) in [4.78, 5) is 11.5. The summed E-state index contributed by atoms with van der Waals surface area (Å²) in [7, 11) is 0. The SMILES string of the molecule is C/C=C/Cn1cc(Br)cc(Br)c1=O. The monoisotopic (exact) mass is 305 g/mol. The van der Waals surface area contributed by atoms with Crippen LogP contribution in [-0.4, -0.2) is 4.57 Å². The fourth-order valence-electron chi connectivity index (χ4n) is 0.919. The van der Waals surface area contributed by atoms with E-state index in [4.69, 9.17) is 0 Å². The van der Waals surface area contributed by atoms with E-state index in [-0.39, 0.29) is 5.56 Å². The number of hydrogen-bond acceptors (Lipinski definition) is 1. The van der Waals surface area contributed by atoms with Crippen molar-refractivity contribution < 1.29 is 0 Å². The zero-order valence-electron chi connectivity index (χ0n) is 7.13. The van der Waals surface area contributed by atoms with E-state index in [1.54, 1.807) is 16.8 Å². The second-order valence-corrected chi connectivity index (χ2v) is 4.30. The van der Waals surface area contributed by atoms with Crippen LogP contribution in [0.25, 0.3) is 0 Å². The van der Waals surface area contributed by atoms with Gasteiger partial charge in [0.1, 0.15) is 0 Å². The molecule has 0 aliphatic heterocycles. The van der Waals surface area contributed by atoms with Crippen LogP contribution < -0.4 is 5.56 Å². The van der Waals surface area contributed by atoms with Gasteiger partial charge in [0.05, 0.1) is 4.47 Å². The highest BCUT2D eigenvalue weighted by atomic mass is 79.9. The van der Waals surface area contributed by atoms with E-state index >= 15 is 0 Å². The van der Waals surface area contributed by atoms with Gasteiger partial charge in [-0.1, -0.05) is 12.2 Å². The smallest absolute Gasteiger partial charge is 0.265 e. The van der Waals surface area contributed by atoms with Crippen molar-refractivity contribution in [2.45, 2.75) is 13.5 Å². The minimum Gasteiger partial charge on any atom is -0.310 e. The highest BCUT2D eigenvalue weighted by Crippen LogP contribution is 2.12. The van der Waals surface area contributed by atoms with Crippen LogP contribution in [0.15, 0.2) is 38.2 Å². The average molecular weight is 307 g/mol. The molecule has 1 rings (SSSR count). The molecule has 0 N–H and O–H groups in total. The summed E-state index contributed by atoms with van der Waals surface area (Å²) >= 11 is 6.53. The zero-order chi connectivity index (χ0) is 9.84. The molecular formula is C9H9Br2NO. The maximum absolute atomic E-state index is 11.5.